The van der Waals surface area contributed by atoms with E-state index >= 15 is 0 Å². The van der Waals surface area contributed by atoms with Gasteiger partial charge in [0.05, 0.1) is 11.3 Å². The van der Waals surface area contributed by atoms with Crippen LogP contribution in [-0.2, 0) is 11.3 Å². The first-order valence-electron chi connectivity index (χ1n) is 7.90. The van der Waals surface area contributed by atoms with Crippen molar-refractivity contribution in [2.24, 2.45) is 0 Å². The van der Waals surface area contributed by atoms with Crippen LogP contribution in [-0.4, -0.2) is 54.6 Å². The fourth-order valence-electron chi connectivity index (χ4n) is 2.41. The summed E-state index contributed by atoms with van der Waals surface area (Å²) in [5, 5.41) is 4.12. The minimum atomic E-state index is -0.552. The minimum Gasteiger partial charge on any atom is -0.454 e. The molecule has 0 radical (unpaired) electrons. The molecule has 0 fully saturated rings. The SMILES string of the molecule is CC(C)c1c(C(=O)OCc2nc(N)nc(N(C)C)n2)cnc2ncnn12. The van der Waals surface area contributed by atoms with Crippen LogP contribution < -0.4 is 10.6 Å². The molecule has 0 aromatic carbocycles. The van der Waals surface area contributed by atoms with Crippen molar-refractivity contribution in [3.05, 3.63) is 29.6 Å². The molecule has 0 saturated heterocycles. The summed E-state index contributed by atoms with van der Waals surface area (Å²) in [6.07, 6.45) is 2.83. The van der Waals surface area contributed by atoms with Gasteiger partial charge in [0.1, 0.15) is 6.33 Å². The average Bonchev–Trinajstić information content (AvgIpc) is 3.06. The van der Waals surface area contributed by atoms with Gasteiger partial charge in [-0.2, -0.15) is 25.0 Å². The molecule has 11 heteroatoms. The predicted octanol–water partition coefficient (Wildman–Crippen LogP) is 0.438. The molecule has 0 saturated carbocycles. The molecule has 26 heavy (non-hydrogen) atoms. The zero-order chi connectivity index (χ0) is 18.8. The van der Waals surface area contributed by atoms with Crippen molar-refractivity contribution in [2.45, 2.75) is 26.4 Å². The molecule has 0 aliphatic carbocycles. The first-order valence-corrected chi connectivity index (χ1v) is 7.90. The molecule has 136 valence electrons. The molecule has 0 aliphatic heterocycles. The summed E-state index contributed by atoms with van der Waals surface area (Å²) >= 11 is 0. The van der Waals surface area contributed by atoms with Crippen molar-refractivity contribution in [2.75, 3.05) is 24.7 Å². The second-order valence-electron chi connectivity index (χ2n) is 6.06. The number of aromatic nitrogens is 7. The monoisotopic (exact) mass is 357 g/mol. The van der Waals surface area contributed by atoms with Crippen molar-refractivity contribution in [1.82, 2.24) is 34.5 Å². The Kier molecular flexibility index (Phi) is 4.61. The number of hydrogen-bond acceptors (Lipinski definition) is 10. The van der Waals surface area contributed by atoms with Crippen LogP contribution in [0.2, 0.25) is 0 Å². The van der Waals surface area contributed by atoms with E-state index in [9.17, 15) is 4.79 Å². The van der Waals surface area contributed by atoms with Gasteiger partial charge in [0.25, 0.3) is 5.78 Å². The lowest BCUT2D eigenvalue weighted by atomic mass is 10.1. The van der Waals surface area contributed by atoms with Crippen LogP contribution in [0.25, 0.3) is 5.78 Å². The maximum absolute atomic E-state index is 12.6. The molecular formula is C15H19N9O2. The summed E-state index contributed by atoms with van der Waals surface area (Å²) in [6, 6.07) is 0. The highest BCUT2D eigenvalue weighted by Crippen LogP contribution is 2.20. The van der Waals surface area contributed by atoms with Gasteiger partial charge in [-0.25, -0.2) is 14.3 Å². The Morgan fingerprint density at radius 1 is 1.27 bits per heavy atom. The highest BCUT2D eigenvalue weighted by atomic mass is 16.5. The van der Waals surface area contributed by atoms with E-state index in [1.165, 1.54) is 17.0 Å². The van der Waals surface area contributed by atoms with Crippen LogP contribution in [0.15, 0.2) is 12.5 Å². The van der Waals surface area contributed by atoms with E-state index in [2.05, 4.69) is 30.0 Å². The molecule has 3 heterocycles. The Hall–Kier alpha value is -3.37. The van der Waals surface area contributed by atoms with Gasteiger partial charge in [0.15, 0.2) is 12.4 Å². The Balaban J connectivity index is 1.85. The summed E-state index contributed by atoms with van der Waals surface area (Å²) in [6.45, 7) is 3.76. The maximum Gasteiger partial charge on any atom is 0.342 e. The van der Waals surface area contributed by atoms with Crippen LogP contribution in [0.1, 0.15) is 41.6 Å². The topological polar surface area (TPSA) is 137 Å². The van der Waals surface area contributed by atoms with Crippen molar-refractivity contribution in [3.63, 3.8) is 0 Å². The number of nitrogen functional groups attached to an aromatic ring is 1. The van der Waals surface area contributed by atoms with E-state index in [1.807, 2.05) is 13.8 Å². The molecule has 0 unspecified atom stereocenters. The van der Waals surface area contributed by atoms with E-state index in [0.29, 0.717) is 23.0 Å². The normalized spacial score (nSPS) is 11.1. The number of rotatable bonds is 5. The highest BCUT2D eigenvalue weighted by molar-refractivity contribution is 5.90. The quantitative estimate of drug-likeness (QED) is 0.640. The van der Waals surface area contributed by atoms with Crippen LogP contribution >= 0.6 is 0 Å². The summed E-state index contributed by atoms with van der Waals surface area (Å²) < 4.78 is 6.89. The van der Waals surface area contributed by atoms with Crippen molar-refractivity contribution in [1.29, 1.82) is 0 Å². The second kappa shape index (κ2) is 6.86. The van der Waals surface area contributed by atoms with E-state index < -0.39 is 5.97 Å². The molecule has 2 N–H and O–H groups in total. The van der Waals surface area contributed by atoms with E-state index in [1.54, 1.807) is 19.0 Å². The van der Waals surface area contributed by atoms with Crippen molar-refractivity contribution in [3.8, 4) is 0 Å². The largest absolute Gasteiger partial charge is 0.454 e. The number of nitrogens with two attached hydrogens (primary N) is 1. The smallest absolute Gasteiger partial charge is 0.342 e. The Bertz CT molecular complexity index is 951. The Morgan fingerprint density at radius 2 is 2.04 bits per heavy atom. The fraction of sp³-hybridized carbons (Fsp3) is 0.400. The minimum absolute atomic E-state index is 0.0120. The number of esters is 1. The first-order chi connectivity index (χ1) is 12.4. The van der Waals surface area contributed by atoms with Gasteiger partial charge in [0.2, 0.25) is 11.9 Å². The summed E-state index contributed by atoms with van der Waals surface area (Å²) in [5.41, 5.74) is 6.65. The Labute approximate surface area is 149 Å². The van der Waals surface area contributed by atoms with Crippen molar-refractivity contribution < 1.29 is 9.53 Å². The molecule has 0 aliphatic rings. The zero-order valence-electron chi connectivity index (χ0n) is 14.9. The molecular weight excluding hydrogens is 338 g/mol. The van der Waals surface area contributed by atoms with Gasteiger partial charge >= 0.3 is 5.97 Å². The van der Waals surface area contributed by atoms with Gasteiger partial charge in [-0.3, -0.25) is 0 Å². The third-order valence-corrected chi connectivity index (χ3v) is 3.53. The van der Waals surface area contributed by atoms with Gasteiger partial charge in [-0.05, 0) is 5.92 Å². The van der Waals surface area contributed by atoms with Gasteiger partial charge < -0.3 is 15.4 Å². The fourth-order valence-corrected chi connectivity index (χ4v) is 2.41. The number of carbonyl (C=O) groups is 1. The lowest BCUT2D eigenvalue weighted by Crippen LogP contribution is -2.18. The highest BCUT2D eigenvalue weighted by Gasteiger charge is 2.21. The molecule has 3 rings (SSSR count). The van der Waals surface area contributed by atoms with E-state index in [0.717, 1.165) is 0 Å². The molecule has 11 nitrogen and oxygen atoms in total. The van der Waals surface area contributed by atoms with Crippen LogP contribution in [0.4, 0.5) is 11.9 Å². The number of hydrogen-bond donors (Lipinski definition) is 1. The average molecular weight is 357 g/mol. The third-order valence-electron chi connectivity index (χ3n) is 3.53. The molecule has 0 spiro atoms. The summed E-state index contributed by atoms with van der Waals surface area (Å²) in [5.74, 6) is 0.587. The second-order valence-corrected chi connectivity index (χ2v) is 6.06. The van der Waals surface area contributed by atoms with E-state index in [-0.39, 0.29) is 24.3 Å². The maximum atomic E-state index is 12.6. The third kappa shape index (κ3) is 3.36. The van der Waals surface area contributed by atoms with E-state index in [4.69, 9.17) is 10.5 Å². The van der Waals surface area contributed by atoms with Crippen LogP contribution in [0.5, 0.6) is 0 Å². The molecule has 0 amide bonds. The number of ether oxygens (including phenoxy) is 1. The molecule has 3 aromatic rings. The van der Waals surface area contributed by atoms with Crippen LogP contribution in [0.3, 0.4) is 0 Å². The van der Waals surface area contributed by atoms with Gasteiger partial charge in [-0.1, -0.05) is 13.8 Å². The standard InChI is InChI=1S/C15H19N9O2/c1-8(2)11-9(5-17-14-18-7-19-24(11)14)12(25)26-6-10-20-13(16)22-15(21-10)23(3)4/h5,7-8H,6H2,1-4H3,(H2,16,20,21,22). The van der Waals surface area contributed by atoms with Gasteiger partial charge in [0, 0.05) is 20.3 Å². The number of fused-ring (bicyclic) bond motifs is 1. The molecule has 3 aromatic heterocycles. The predicted molar refractivity (Wildman–Crippen MR) is 92.6 cm³/mol. The number of anilines is 2. The van der Waals surface area contributed by atoms with Crippen LogP contribution in [0, 0.1) is 0 Å². The lowest BCUT2D eigenvalue weighted by Gasteiger charge is -2.13. The lowest BCUT2D eigenvalue weighted by molar-refractivity contribution is 0.0459. The molecule has 0 atom stereocenters. The zero-order valence-corrected chi connectivity index (χ0v) is 14.9. The number of carbonyl (C=O) groups excluding carboxylic acids is 1. The van der Waals surface area contributed by atoms with Crippen molar-refractivity contribution >= 4 is 23.6 Å². The molecule has 0 bridgehead atoms. The number of nitrogens with zero attached hydrogens (tertiary/aromatic N) is 8. The first kappa shape index (κ1) is 17.5. The Morgan fingerprint density at radius 3 is 2.73 bits per heavy atom. The summed E-state index contributed by atoms with van der Waals surface area (Å²) in [4.78, 5) is 34.6. The van der Waals surface area contributed by atoms with Gasteiger partial charge in [-0.15, -0.1) is 0 Å². The summed E-state index contributed by atoms with van der Waals surface area (Å²) in [7, 11) is 3.55.